The Hall–Kier alpha value is -2.19. The Labute approximate surface area is 183 Å². The molecule has 0 amide bonds. The third-order valence-corrected chi connectivity index (χ3v) is 7.33. The van der Waals surface area contributed by atoms with E-state index in [1.54, 1.807) is 6.07 Å². The number of aromatic nitrogens is 2. The molecule has 2 fully saturated rings. The summed E-state index contributed by atoms with van der Waals surface area (Å²) < 4.78 is 38.2. The zero-order valence-corrected chi connectivity index (χ0v) is 17.8. The predicted octanol–water partition coefficient (Wildman–Crippen LogP) is 5.66. The van der Waals surface area contributed by atoms with E-state index in [0.29, 0.717) is 34.0 Å². The fraction of sp³-hybridized carbons (Fsp3) is 0.478. The van der Waals surface area contributed by atoms with E-state index >= 15 is 0 Å². The number of fused-ring (bicyclic) bond motifs is 1. The Balaban J connectivity index is 1.15. The van der Waals surface area contributed by atoms with Crippen LogP contribution in [0.2, 0.25) is 0 Å². The normalized spacial score (nSPS) is 26.2. The van der Waals surface area contributed by atoms with Crippen molar-refractivity contribution >= 4 is 27.4 Å². The van der Waals surface area contributed by atoms with Crippen LogP contribution in [0.4, 0.5) is 19.0 Å². The minimum atomic E-state index is -4.21. The Kier molecular flexibility index (Phi) is 5.60. The lowest BCUT2D eigenvalue weighted by Crippen LogP contribution is -2.38. The highest BCUT2D eigenvalue weighted by Crippen LogP contribution is 2.41. The molecule has 2 aliphatic rings. The number of alkyl halides is 3. The molecule has 2 N–H and O–H groups in total. The molecule has 0 radical (unpaired) electrons. The number of hydrogen-bond donors (Lipinski definition) is 2. The van der Waals surface area contributed by atoms with Crippen LogP contribution in [-0.4, -0.2) is 34.3 Å². The van der Waals surface area contributed by atoms with Gasteiger partial charge in [0, 0.05) is 28.9 Å². The van der Waals surface area contributed by atoms with Gasteiger partial charge >= 0.3 is 6.18 Å². The number of benzene rings is 1. The molecule has 0 bridgehead atoms. The molecule has 2 saturated carbocycles. The van der Waals surface area contributed by atoms with Crippen molar-refractivity contribution in [2.45, 2.75) is 68.7 Å². The Morgan fingerprint density at radius 3 is 2.48 bits per heavy atom. The van der Waals surface area contributed by atoms with Gasteiger partial charge in [-0.3, -0.25) is 0 Å². The largest absolute Gasteiger partial charge is 0.393 e. The van der Waals surface area contributed by atoms with Crippen LogP contribution >= 0.6 is 11.3 Å². The van der Waals surface area contributed by atoms with Crippen LogP contribution in [0.15, 0.2) is 42.7 Å². The van der Waals surface area contributed by atoms with E-state index in [-0.39, 0.29) is 10.9 Å². The molecular formula is C23H25F3N4S. The maximum Gasteiger partial charge on any atom is 0.393 e. The van der Waals surface area contributed by atoms with Gasteiger partial charge in [-0.15, -0.1) is 11.3 Å². The average Bonchev–Trinajstić information content (AvgIpc) is 3.38. The van der Waals surface area contributed by atoms with E-state index in [2.05, 4.69) is 50.9 Å². The van der Waals surface area contributed by atoms with Crippen molar-refractivity contribution in [3.8, 4) is 0 Å². The first-order valence-corrected chi connectivity index (χ1v) is 11.6. The smallest absolute Gasteiger partial charge is 0.367 e. The van der Waals surface area contributed by atoms with E-state index in [1.807, 2.05) is 0 Å². The first-order valence-electron chi connectivity index (χ1n) is 10.8. The van der Waals surface area contributed by atoms with Crippen molar-refractivity contribution in [2.75, 3.05) is 5.32 Å². The van der Waals surface area contributed by atoms with Crippen LogP contribution in [0.1, 0.15) is 48.5 Å². The summed E-state index contributed by atoms with van der Waals surface area (Å²) in [4.78, 5) is 9.36. The zero-order valence-electron chi connectivity index (χ0n) is 17.0. The van der Waals surface area contributed by atoms with Crippen LogP contribution in [0.3, 0.4) is 0 Å². The molecule has 2 heterocycles. The van der Waals surface area contributed by atoms with Gasteiger partial charge in [-0.05, 0) is 43.7 Å². The molecule has 31 heavy (non-hydrogen) atoms. The van der Waals surface area contributed by atoms with Crippen molar-refractivity contribution in [1.29, 1.82) is 0 Å². The number of rotatable bonds is 6. The van der Waals surface area contributed by atoms with E-state index in [0.717, 1.165) is 37.0 Å². The van der Waals surface area contributed by atoms with E-state index in [4.69, 9.17) is 0 Å². The summed E-state index contributed by atoms with van der Waals surface area (Å²) in [6, 6.07) is 13.7. The number of nitrogens with one attached hydrogen (secondary N) is 2. The third-order valence-electron chi connectivity index (χ3n) is 6.29. The maximum absolute atomic E-state index is 12.7. The lowest BCUT2D eigenvalue weighted by atomic mass is 9.91. The highest BCUT2D eigenvalue weighted by atomic mass is 32.1. The molecule has 5 rings (SSSR count). The van der Waals surface area contributed by atoms with Gasteiger partial charge in [0.05, 0.1) is 11.8 Å². The van der Waals surface area contributed by atoms with Crippen LogP contribution in [0.25, 0.3) is 10.2 Å². The van der Waals surface area contributed by atoms with Crippen LogP contribution in [0, 0.1) is 0 Å². The molecular weight excluding hydrogens is 421 g/mol. The molecule has 0 aliphatic heterocycles. The number of hydrogen-bond acceptors (Lipinski definition) is 5. The first-order chi connectivity index (χ1) is 14.9. The molecule has 2 aliphatic carbocycles. The molecule has 1 aromatic carbocycles. The van der Waals surface area contributed by atoms with Gasteiger partial charge in [0.1, 0.15) is 17.0 Å². The van der Waals surface area contributed by atoms with E-state index < -0.39 is 12.6 Å². The Morgan fingerprint density at radius 2 is 1.74 bits per heavy atom. The lowest BCUT2D eigenvalue weighted by Gasteiger charge is -2.30. The van der Waals surface area contributed by atoms with Crippen molar-refractivity contribution in [3.63, 3.8) is 0 Å². The van der Waals surface area contributed by atoms with Gasteiger partial charge in [-0.2, -0.15) is 13.2 Å². The van der Waals surface area contributed by atoms with Crippen LogP contribution in [-0.2, 0) is 6.42 Å². The monoisotopic (exact) mass is 446 g/mol. The predicted molar refractivity (Wildman–Crippen MR) is 118 cm³/mol. The second kappa shape index (κ2) is 8.39. The second-order valence-corrected chi connectivity index (χ2v) is 9.78. The number of halogens is 3. The van der Waals surface area contributed by atoms with Crippen molar-refractivity contribution in [1.82, 2.24) is 15.3 Å². The molecule has 2 atom stereocenters. The third kappa shape index (κ3) is 5.01. The number of nitrogens with zero attached hydrogens (tertiary/aromatic N) is 2. The summed E-state index contributed by atoms with van der Waals surface area (Å²) in [5.74, 6) is 1.29. The van der Waals surface area contributed by atoms with Gasteiger partial charge in [0.25, 0.3) is 0 Å². The Bertz CT molecular complexity index is 1030. The summed E-state index contributed by atoms with van der Waals surface area (Å²) in [5, 5.41) is 7.98. The second-order valence-electron chi connectivity index (χ2n) is 8.66. The molecule has 0 saturated heterocycles. The number of anilines is 1. The summed E-state index contributed by atoms with van der Waals surface area (Å²) in [5.41, 5.74) is 1.42. The minimum absolute atomic E-state index is 0.274. The Morgan fingerprint density at radius 1 is 1.00 bits per heavy atom. The summed E-state index contributed by atoms with van der Waals surface area (Å²) in [6.07, 6.45) is 1.72. The summed E-state index contributed by atoms with van der Waals surface area (Å²) in [7, 11) is 0. The minimum Gasteiger partial charge on any atom is -0.367 e. The molecule has 0 spiro atoms. The molecule has 8 heteroatoms. The van der Waals surface area contributed by atoms with Gasteiger partial charge in [0.15, 0.2) is 0 Å². The topological polar surface area (TPSA) is 49.8 Å². The van der Waals surface area contributed by atoms with Gasteiger partial charge in [-0.1, -0.05) is 30.3 Å². The van der Waals surface area contributed by atoms with Gasteiger partial charge in [-0.25, -0.2) is 9.97 Å². The lowest BCUT2D eigenvalue weighted by molar-refractivity contribution is -0.126. The van der Waals surface area contributed by atoms with E-state index in [9.17, 15) is 13.2 Å². The maximum atomic E-state index is 12.7. The molecule has 2 aromatic heterocycles. The molecule has 0 unspecified atom stereocenters. The quantitative estimate of drug-likeness (QED) is 0.513. The van der Waals surface area contributed by atoms with Crippen LogP contribution in [0.5, 0.6) is 0 Å². The van der Waals surface area contributed by atoms with Crippen LogP contribution < -0.4 is 10.6 Å². The highest BCUT2D eigenvalue weighted by Gasteiger charge is 2.39. The highest BCUT2D eigenvalue weighted by molar-refractivity contribution is 7.18. The van der Waals surface area contributed by atoms with Crippen molar-refractivity contribution in [2.24, 2.45) is 0 Å². The molecule has 4 nitrogen and oxygen atoms in total. The van der Waals surface area contributed by atoms with Gasteiger partial charge < -0.3 is 10.6 Å². The fourth-order valence-corrected chi connectivity index (χ4v) is 5.68. The molecule has 164 valence electrons. The van der Waals surface area contributed by atoms with Crippen molar-refractivity contribution in [3.05, 3.63) is 53.2 Å². The molecule has 3 aromatic rings. The van der Waals surface area contributed by atoms with Gasteiger partial charge in [0.2, 0.25) is 0 Å². The fourth-order valence-electron chi connectivity index (χ4n) is 4.65. The van der Waals surface area contributed by atoms with E-state index in [1.165, 1.54) is 18.3 Å². The summed E-state index contributed by atoms with van der Waals surface area (Å²) in [6.45, 7) is 0. The standard InChI is InChI=1S/C23H25F3N4S/c24-23(25,26)12-17-10-19-21(27-13-28-22(19)31-17)30-16-8-6-15(7-9-16)29-20-11-18(20)14-4-2-1-3-5-14/h1-5,10,13,15-16,18,20,29H,6-9,11-12H2,(H,27,28,30)/t15?,16?,18-,20+/m1/s1. The van der Waals surface area contributed by atoms with Crippen molar-refractivity contribution < 1.29 is 13.2 Å². The number of thiophene rings is 1. The average molecular weight is 447 g/mol. The SMILES string of the molecule is FC(F)(F)Cc1cc2c(NC3CCC(N[C@H]4C[C@@H]4c4ccccc4)CC3)ncnc2s1. The first kappa shape index (κ1) is 20.7. The summed E-state index contributed by atoms with van der Waals surface area (Å²) >= 11 is 1.09. The zero-order chi connectivity index (χ0) is 21.4.